The molecule has 1 aromatic heterocycles. The average molecular weight is 461 g/mol. The lowest BCUT2D eigenvalue weighted by atomic mass is 9.60. The van der Waals surface area contributed by atoms with Gasteiger partial charge in [0.05, 0.1) is 19.2 Å². The number of aliphatic hydroxyl groups excluding tert-OH is 1. The first kappa shape index (κ1) is 22.0. The molecule has 1 aromatic carbocycles. The van der Waals surface area contributed by atoms with Crippen molar-refractivity contribution in [2.45, 2.75) is 31.2 Å². The van der Waals surface area contributed by atoms with Gasteiger partial charge >= 0.3 is 6.18 Å². The summed E-state index contributed by atoms with van der Waals surface area (Å²) in [5.41, 5.74) is 0.521. The van der Waals surface area contributed by atoms with E-state index in [2.05, 4.69) is 9.97 Å². The van der Waals surface area contributed by atoms with Gasteiger partial charge in [-0.05, 0) is 31.0 Å². The van der Waals surface area contributed by atoms with Crippen molar-refractivity contribution in [1.29, 1.82) is 0 Å². The van der Waals surface area contributed by atoms with Crippen LogP contribution in [0.3, 0.4) is 0 Å². The molecule has 1 aliphatic heterocycles. The van der Waals surface area contributed by atoms with Crippen LogP contribution >= 0.6 is 0 Å². The van der Waals surface area contributed by atoms with Gasteiger partial charge in [-0.25, -0.2) is 15.1 Å². The van der Waals surface area contributed by atoms with Crippen LogP contribution in [0, 0.1) is 5.41 Å². The van der Waals surface area contributed by atoms with E-state index in [0.717, 1.165) is 10.9 Å². The minimum Gasteiger partial charge on any atom is -0.497 e. The number of nitrogens with zero attached hydrogens (tertiary/aromatic N) is 4. The molecule has 1 unspecified atom stereocenters. The maximum absolute atomic E-state index is 12.7. The van der Waals surface area contributed by atoms with Crippen molar-refractivity contribution < 1.29 is 31.4 Å². The van der Waals surface area contributed by atoms with Crippen molar-refractivity contribution in [3.8, 4) is 5.75 Å². The van der Waals surface area contributed by atoms with E-state index >= 15 is 0 Å². The third kappa shape index (κ3) is 4.14. The molecule has 0 bridgehead atoms. The first-order valence-corrected chi connectivity index (χ1v) is 11.0. The topological polar surface area (TPSA) is 122 Å². The summed E-state index contributed by atoms with van der Waals surface area (Å²) < 4.78 is 67.5. The van der Waals surface area contributed by atoms with E-state index in [4.69, 9.17) is 9.88 Å². The zero-order valence-electron chi connectivity index (χ0n) is 16.6. The SMILES string of the molecule is COc1ccc2ncnc(N3CC4(CC(N(CC(O)C(F)(F)F)S(N)(=O)=O)C4)C3)c2c1. The number of nitrogens with two attached hydrogens (primary N) is 1. The lowest BCUT2D eigenvalue weighted by Gasteiger charge is -2.61. The van der Waals surface area contributed by atoms with Gasteiger partial charge in [0.1, 0.15) is 17.9 Å². The summed E-state index contributed by atoms with van der Waals surface area (Å²) in [5, 5.41) is 15.2. The Morgan fingerprint density at radius 2 is 2.03 bits per heavy atom. The highest BCUT2D eigenvalue weighted by Gasteiger charge is 2.56. The fraction of sp³-hybridized carbons (Fsp3) is 0.556. The molecular weight excluding hydrogens is 439 g/mol. The van der Waals surface area contributed by atoms with Crippen LogP contribution in [0.25, 0.3) is 10.9 Å². The molecule has 2 aliphatic rings. The molecule has 2 heterocycles. The second-order valence-corrected chi connectivity index (χ2v) is 9.67. The summed E-state index contributed by atoms with van der Waals surface area (Å²) in [6.07, 6.45) is -5.54. The van der Waals surface area contributed by atoms with E-state index in [9.17, 15) is 26.7 Å². The molecule has 31 heavy (non-hydrogen) atoms. The molecule has 0 amide bonds. The Labute approximate surface area is 176 Å². The number of ether oxygens (including phenoxy) is 1. The van der Waals surface area contributed by atoms with E-state index in [1.54, 1.807) is 13.2 Å². The third-order valence-electron chi connectivity index (χ3n) is 5.98. The van der Waals surface area contributed by atoms with E-state index in [0.29, 0.717) is 41.8 Å². The number of hydrogen-bond donors (Lipinski definition) is 2. The molecule has 1 aliphatic carbocycles. The lowest BCUT2D eigenvalue weighted by molar-refractivity contribution is -0.207. The number of rotatable bonds is 6. The summed E-state index contributed by atoms with van der Waals surface area (Å²) in [4.78, 5) is 10.6. The Balaban J connectivity index is 1.45. The summed E-state index contributed by atoms with van der Waals surface area (Å²) in [6.45, 7) is 0.0450. The van der Waals surface area contributed by atoms with Crippen LogP contribution < -0.4 is 14.8 Å². The molecule has 13 heteroatoms. The summed E-state index contributed by atoms with van der Waals surface area (Å²) in [6, 6.07) is 4.77. The van der Waals surface area contributed by atoms with Crippen molar-refractivity contribution >= 4 is 26.9 Å². The highest BCUT2D eigenvalue weighted by atomic mass is 32.2. The smallest absolute Gasteiger partial charge is 0.415 e. The van der Waals surface area contributed by atoms with Crippen molar-refractivity contribution in [3.05, 3.63) is 24.5 Å². The third-order valence-corrected chi connectivity index (χ3v) is 7.08. The van der Waals surface area contributed by atoms with Crippen molar-refractivity contribution in [3.63, 3.8) is 0 Å². The highest BCUT2D eigenvalue weighted by Crippen LogP contribution is 2.52. The molecule has 1 spiro atoms. The van der Waals surface area contributed by atoms with Crippen LogP contribution in [-0.2, 0) is 10.2 Å². The predicted molar refractivity (Wildman–Crippen MR) is 106 cm³/mol. The van der Waals surface area contributed by atoms with Crippen LogP contribution in [0.15, 0.2) is 24.5 Å². The lowest BCUT2D eigenvalue weighted by Crippen LogP contribution is -2.68. The van der Waals surface area contributed by atoms with Crippen molar-refractivity contribution in [2.24, 2.45) is 10.6 Å². The molecule has 2 fully saturated rings. The molecule has 1 saturated carbocycles. The van der Waals surface area contributed by atoms with Crippen molar-refractivity contribution in [1.82, 2.24) is 14.3 Å². The van der Waals surface area contributed by atoms with E-state index in [1.807, 2.05) is 17.0 Å². The van der Waals surface area contributed by atoms with Crippen LogP contribution in [-0.4, -0.2) is 72.9 Å². The summed E-state index contributed by atoms with van der Waals surface area (Å²) in [7, 11) is -2.83. The molecule has 4 rings (SSSR count). The maximum atomic E-state index is 12.7. The number of anilines is 1. The second-order valence-electron chi connectivity index (χ2n) is 8.17. The average Bonchev–Trinajstić information content (AvgIpc) is 2.62. The molecule has 9 nitrogen and oxygen atoms in total. The molecular formula is C18H22F3N5O4S. The number of benzene rings is 1. The normalized spacial score (nSPS) is 20.0. The van der Waals surface area contributed by atoms with E-state index < -0.39 is 35.1 Å². The zero-order valence-corrected chi connectivity index (χ0v) is 17.4. The van der Waals surface area contributed by atoms with Gasteiger partial charge < -0.3 is 14.7 Å². The molecule has 170 valence electrons. The number of alkyl halides is 3. The van der Waals surface area contributed by atoms with Crippen LogP contribution in [0.2, 0.25) is 0 Å². The second kappa shape index (κ2) is 7.43. The Kier molecular flexibility index (Phi) is 5.27. The Bertz CT molecular complexity index is 1080. The minimum atomic E-state index is -4.92. The van der Waals surface area contributed by atoms with Crippen LogP contribution in [0.4, 0.5) is 19.0 Å². The van der Waals surface area contributed by atoms with E-state index in [1.165, 1.54) is 6.33 Å². The molecule has 2 aromatic rings. The number of halogens is 3. The van der Waals surface area contributed by atoms with Gasteiger partial charge in [0.2, 0.25) is 0 Å². The first-order chi connectivity index (χ1) is 14.4. The minimum absolute atomic E-state index is 0.229. The first-order valence-electron chi connectivity index (χ1n) is 9.50. The standard InChI is InChI=1S/C18H22F3N5O4S/c1-30-12-2-3-14-13(4-12)16(24-10-23-14)25-8-17(9-25)5-11(6-17)26(31(22,28)29)7-15(27)18(19,20)21/h2-4,10-11,15,27H,5-9H2,1H3,(H2,22,28,29). The maximum Gasteiger partial charge on any atom is 0.415 e. The number of fused-ring (bicyclic) bond motifs is 1. The number of hydrogen-bond acceptors (Lipinski definition) is 7. The van der Waals surface area contributed by atoms with Gasteiger partial charge in [-0.3, -0.25) is 0 Å². The number of aromatic nitrogens is 2. The molecule has 0 radical (unpaired) electrons. The largest absolute Gasteiger partial charge is 0.497 e. The monoisotopic (exact) mass is 461 g/mol. The Hall–Kier alpha value is -2.22. The Morgan fingerprint density at radius 3 is 2.61 bits per heavy atom. The fourth-order valence-electron chi connectivity index (χ4n) is 4.45. The van der Waals surface area contributed by atoms with Gasteiger partial charge in [0.15, 0.2) is 6.10 Å². The molecule has 1 saturated heterocycles. The van der Waals surface area contributed by atoms with Crippen LogP contribution in [0.1, 0.15) is 12.8 Å². The van der Waals surface area contributed by atoms with Crippen LogP contribution in [0.5, 0.6) is 5.75 Å². The Morgan fingerprint density at radius 1 is 1.35 bits per heavy atom. The molecule has 1 atom stereocenters. The van der Waals surface area contributed by atoms with E-state index in [-0.39, 0.29) is 5.41 Å². The molecule has 3 N–H and O–H groups in total. The van der Waals surface area contributed by atoms with Gasteiger partial charge in [-0.2, -0.15) is 25.9 Å². The van der Waals surface area contributed by atoms with Crippen molar-refractivity contribution in [2.75, 3.05) is 31.6 Å². The predicted octanol–water partition coefficient (Wildman–Crippen LogP) is 1.04. The number of aliphatic hydroxyl groups is 1. The summed E-state index contributed by atoms with van der Waals surface area (Å²) in [5.74, 6) is 1.38. The fourth-order valence-corrected chi connectivity index (χ4v) is 5.36. The van der Waals surface area contributed by atoms with Gasteiger partial charge in [0, 0.05) is 29.9 Å². The number of methoxy groups -OCH3 is 1. The van der Waals surface area contributed by atoms with Gasteiger partial charge in [-0.15, -0.1) is 0 Å². The van der Waals surface area contributed by atoms with Gasteiger partial charge in [0.25, 0.3) is 10.2 Å². The highest BCUT2D eigenvalue weighted by molar-refractivity contribution is 7.86. The quantitative estimate of drug-likeness (QED) is 0.659. The zero-order chi connectivity index (χ0) is 22.6. The summed E-state index contributed by atoms with van der Waals surface area (Å²) >= 11 is 0. The van der Waals surface area contributed by atoms with Gasteiger partial charge in [-0.1, -0.05) is 0 Å².